The third-order valence-corrected chi connectivity index (χ3v) is 4.67. The molecular formula is C16H22N4O2S. The van der Waals surface area contributed by atoms with Gasteiger partial charge in [0.1, 0.15) is 5.82 Å². The molecule has 3 rings (SSSR count). The third kappa shape index (κ3) is 4.63. The second-order valence-corrected chi connectivity index (χ2v) is 7.78. The Morgan fingerprint density at radius 2 is 2.00 bits per heavy atom. The van der Waals surface area contributed by atoms with Gasteiger partial charge in [-0.1, -0.05) is 30.3 Å². The van der Waals surface area contributed by atoms with Gasteiger partial charge in [0.05, 0.1) is 25.0 Å². The highest BCUT2D eigenvalue weighted by Gasteiger charge is 2.18. The van der Waals surface area contributed by atoms with Crippen molar-refractivity contribution in [2.24, 2.45) is 0 Å². The monoisotopic (exact) mass is 334 g/mol. The first-order chi connectivity index (χ1) is 11.0. The minimum absolute atomic E-state index is 0.253. The van der Waals surface area contributed by atoms with E-state index >= 15 is 0 Å². The molecule has 7 heteroatoms. The van der Waals surface area contributed by atoms with Crippen molar-refractivity contribution < 1.29 is 8.42 Å². The molecule has 1 aliphatic heterocycles. The molecule has 0 unspecified atom stereocenters. The fourth-order valence-electron chi connectivity index (χ4n) is 2.77. The number of hydrogen-bond acceptors (Lipinski definition) is 4. The van der Waals surface area contributed by atoms with Crippen LogP contribution >= 0.6 is 0 Å². The van der Waals surface area contributed by atoms with E-state index in [1.54, 1.807) is 0 Å². The van der Waals surface area contributed by atoms with E-state index in [-0.39, 0.29) is 6.54 Å². The maximum Gasteiger partial charge on any atom is 0.209 e. The molecule has 0 spiro atoms. The molecule has 0 radical (unpaired) electrons. The van der Waals surface area contributed by atoms with Crippen LogP contribution in [0.15, 0.2) is 36.5 Å². The Hall–Kier alpha value is -1.70. The highest BCUT2D eigenvalue weighted by atomic mass is 32.2. The Morgan fingerprint density at radius 1 is 1.22 bits per heavy atom. The molecule has 124 valence electrons. The number of nitrogens with one attached hydrogen (secondary N) is 1. The van der Waals surface area contributed by atoms with Crippen molar-refractivity contribution in [3.05, 3.63) is 53.6 Å². The first-order valence-electron chi connectivity index (χ1n) is 7.75. The van der Waals surface area contributed by atoms with Gasteiger partial charge < -0.3 is 4.57 Å². The van der Waals surface area contributed by atoms with Crippen LogP contribution in [0, 0.1) is 0 Å². The molecule has 0 fully saturated rings. The molecule has 0 amide bonds. The van der Waals surface area contributed by atoms with Crippen LogP contribution in [-0.4, -0.2) is 42.2 Å². The van der Waals surface area contributed by atoms with E-state index in [0.29, 0.717) is 0 Å². The summed E-state index contributed by atoms with van der Waals surface area (Å²) in [6.45, 7) is 3.97. The molecule has 0 bridgehead atoms. The zero-order valence-corrected chi connectivity index (χ0v) is 14.1. The van der Waals surface area contributed by atoms with Crippen LogP contribution in [0.4, 0.5) is 0 Å². The van der Waals surface area contributed by atoms with Gasteiger partial charge in [0.2, 0.25) is 10.0 Å². The van der Waals surface area contributed by atoms with Crippen LogP contribution in [-0.2, 0) is 36.1 Å². The Balaban J connectivity index is 1.57. The number of aromatic nitrogens is 2. The Labute approximate surface area is 137 Å². The Bertz CT molecular complexity index is 756. The lowest BCUT2D eigenvalue weighted by Crippen LogP contribution is -2.35. The number of fused-ring (bicyclic) bond motifs is 1. The predicted octanol–water partition coefficient (Wildman–Crippen LogP) is 0.991. The second kappa shape index (κ2) is 6.82. The van der Waals surface area contributed by atoms with E-state index in [9.17, 15) is 8.42 Å². The van der Waals surface area contributed by atoms with Gasteiger partial charge in [0, 0.05) is 25.8 Å². The Morgan fingerprint density at radius 3 is 2.74 bits per heavy atom. The van der Waals surface area contributed by atoms with Crippen LogP contribution in [0.5, 0.6) is 0 Å². The molecule has 1 aromatic heterocycles. The Kier molecular flexibility index (Phi) is 4.79. The molecule has 6 nitrogen and oxygen atoms in total. The summed E-state index contributed by atoms with van der Waals surface area (Å²) in [6.07, 6.45) is 4.14. The van der Waals surface area contributed by atoms with Crippen LogP contribution in [0.3, 0.4) is 0 Å². The summed E-state index contributed by atoms with van der Waals surface area (Å²) in [6, 6.07) is 10.5. The zero-order chi connectivity index (χ0) is 16.3. The van der Waals surface area contributed by atoms with Gasteiger partial charge in [-0.2, -0.15) is 0 Å². The summed E-state index contributed by atoms with van der Waals surface area (Å²) in [5.74, 6) is 1.01. The summed E-state index contributed by atoms with van der Waals surface area (Å²) in [5.41, 5.74) is 2.12. The topological polar surface area (TPSA) is 67.2 Å². The van der Waals surface area contributed by atoms with Gasteiger partial charge in [0.25, 0.3) is 0 Å². The van der Waals surface area contributed by atoms with Crippen molar-refractivity contribution in [3.8, 4) is 0 Å². The molecule has 0 saturated carbocycles. The van der Waals surface area contributed by atoms with E-state index < -0.39 is 10.0 Å². The summed E-state index contributed by atoms with van der Waals surface area (Å²) < 4.78 is 26.9. The molecular weight excluding hydrogens is 312 g/mol. The molecule has 2 aromatic rings. The van der Waals surface area contributed by atoms with Crippen molar-refractivity contribution in [1.82, 2.24) is 19.2 Å². The third-order valence-electron chi connectivity index (χ3n) is 4.01. The van der Waals surface area contributed by atoms with E-state index in [1.807, 2.05) is 12.3 Å². The molecule has 1 N–H and O–H groups in total. The van der Waals surface area contributed by atoms with Crippen LogP contribution < -0.4 is 4.72 Å². The molecule has 1 aliphatic rings. The SMILES string of the molecule is CS(=O)(=O)NCc1cn2c(n1)CN(CCc1ccccc1)CC2. The first kappa shape index (κ1) is 16.2. The van der Waals surface area contributed by atoms with Crippen molar-refractivity contribution in [2.75, 3.05) is 19.3 Å². The van der Waals surface area contributed by atoms with Crippen molar-refractivity contribution in [3.63, 3.8) is 0 Å². The van der Waals surface area contributed by atoms with Gasteiger partial charge in [-0.3, -0.25) is 4.90 Å². The standard InChI is InChI=1S/C16H22N4O2S/c1-23(21,22)17-11-15-12-20-10-9-19(13-16(20)18-15)8-7-14-5-3-2-4-6-14/h2-6,12,17H,7-11,13H2,1H3. The lowest BCUT2D eigenvalue weighted by molar-refractivity contribution is 0.219. The molecule has 1 aromatic carbocycles. The van der Waals surface area contributed by atoms with Crippen molar-refractivity contribution in [2.45, 2.75) is 26.1 Å². The summed E-state index contributed by atoms with van der Waals surface area (Å²) >= 11 is 0. The molecule has 2 heterocycles. The van der Waals surface area contributed by atoms with Crippen molar-refractivity contribution in [1.29, 1.82) is 0 Å². The van der Waals surface area contributed by atoms with Crippen LogP contribution in [0.25, 0.3) is 0 Å². The van der Waals surface area contributed by atoms with E-state index in [2.05, 4.69) is 43.4 Å². The minimum Gasteiger partial charge on any atom is -0.332 e. The molecule has 0 atom stereocenters. The zero-order valence-electron chi connectivity index (χ0n) is 13.3. The normalized spacial score (nSPS) is 15.5. The maximum absolute atomic E-state index is 11.2. The summed E-state index contributed by atoms with van der Waals surface area (Å²) in [7, 11) is -3.18. The van der Waals surface area contributed by atoms with Crippen molar-refractivity contribution >= 4 is 10.0 Å². The van der Waals surface area contributed by atoms with Gasteiger partial charge in [-0.15, -0.1) is 0 Å². The number of nitrogens with zero attached hydrogens (tertiary/aromatic N) is 3. The quantitative estimate of drug-likeness (QED) is 0.855. The van der Waals surface area contributed by atoms with Crippen LogP contribution in [0.1, 0.15) is 17.1 Å². The fourth-order valence-corrected chi connectivity index (χ4v) is 3.18. The molecule has 0 aliphatic carbocycles. The highest BCUT2D eigenvalue weighted by molar-refractivity contribution is 7.88. The highest BCUT2D eigenvalue weighted by Crippen LogP contribution is 2.14. The van der Waals surface area contributed by atoms with Gasteiger partial charge in [-0.25, -0.2) is 18.1 Å². The number of benzene rings is 1. The molecule has 0 saturated heterocycles. The number of imidazole rings is 1. The average molecular weight is 334 g/mol. The molecule has 23 heavy (non-hydrogen) atoms. The number of hydrogen-bond donors (Lipinski definition) is 1. The van der Waals surface area contributed by atoms with Gasteiger partial charge in [-0.05, 0) is 12.0 Å². The lowest BCUT2D eigenvalue weighted by atomic mass is 10.1. The smallest absolute Gasteiger partial charge is 0.209 e. The summed E-state index contributed by atoms with van der Waals surface area (Å²) in [5, 5.41) is 0. The number of sulfonamides is 1. The van der Waals surface area contributed by atoms with E-state index in [1.165, 1.54) is 5.56 Å². The predicted molar refractivity (Wildman–Crippen MR) is 89.3 cm³/mol. The second-order valence-electron chi connectivity index (χ2n) is 5.95. The first-order valence-corrected chi connectivity index (χ1v) is 9.64. The van der Waals surface area contributed by atoms with E-state index in [0.717, 1.165) is 50.4 Å². The van der Waals surface area contributed by atoms with Crippen LogP contribution in [0.2, 0.25) is 0 Å². The largest absolute Gasteiger partial charge is 0.332 e. The lowest BCUT2D eigenvalue weighted by Gasteiger charge is -2.27. The maximum atomic E-state index is 11.2. The average Bonchev–Trinajstić information content (AvgIpc) is 2.93. The fraction of sp³-hybridized carbons (Fsp3) is 0.438. The van der Waals surface area contributed by atoms with E-state index in [4.69, 9.17) is 0 Å². The number of rotatable bonds is 6. The van der Waals surface area contributed by atoms with Gasteiger partial charge in [0.15, 0.2) is 0 Å². The minimum atomic E-state index is -3.18. The summed E-state index contributed by atoms with van der Waals surface area (Å²) in [4.78, 5) is 6.95. The van der Waals surface area contributed by atoms with Gasteiger partial charge >= 0.3 is 0 Å².